The predicted molar refractivity (Wildman–Crippen MR) is 62.2 cm³/mol. The highest BCUT2D eigenvalue weighted by Crippen LogP contribution is 2.38. The fraction of sp³-hybridized carbons (Fsp3) is 0.462. The van der Waals surface area contributed by atoms with Gasteiger partial charge in [0.15, 0.2) is 11.5 Å². The molecule has 0 bridgehead atoms. The molecular formula is C13H14O5. The Balaban J connectivity index is 1.98. The molecule has 0 amide bonds. The highest BCUT2D eigenvalue weighted by molar-refractivity contribution is 5.83. The van der Waals surface area contributed by atoms with Gasteiger partial charge in [-0.15, -0.1) is 0 Å². The Morgan fingerprint density at radius 1 is 1.17 bits per heavy atom. The highest BCUT2D eigenvalue weighted by atomic mass is 16.5. The minimum absolute atomic E-state index is 0.210. The minimum Gasteiger partial charge on any atom is -0.490 e. The van der Waals surface area contributed by atoms with Gasteiger partial charge in [-0.3, -0.25) is 4.79 Å². The van der Waals surface area contributed by atoms with Gasteiger partial charge in [0.25, 0.3) is 0 Å². The van der Waals surface area contributed by atoms with Gasteiger partial charge in [0, 0.05) is 6.42 Å². The van der Waals surface area contributed by atoms with Crippen molar-refractivity contribution in [1.82, 2.24) is 0 Å². The van der Waals surface area contributed by atoms with E-state index < -0.39 is 11.4 Å². The quantitative estimate of drug-likeness (QED) is 0.854. The number of carboxylic acid groups (broad SMARTS) is 1. The second-order valence-corrected chi connectivity index (χ2v) is 4.59. The fourth-order valence-electron chi connectivity index (χ4n) is 2.18. The number of hydrogen-bond donors (Lipinski definition) is 1. The summed E-state index contributed by atoms with van der Waals surface area (Å²) in [5.41, 5.74) is -0.212. The van der Waals surface area contributed by atoms with Crippen LogP contribution < -0.4 is 9.47 Å². The molecule has 96 valence electrons. The Labute approximate surface area is 104 Å². The van der Waals surface area contributed by atoms with Crippen LogP contribution in [-0.2, 0) is 14.9 Å². The lowest BCUT2D eigenvalue weighted by Crippen LogP contribution is -2.53. The van der Waals surface area contributed by atoms with E-state index in [0.29, 0.717) is 30.3 Å². The smallest absolute Gasteiger partial charge is 0.318 e. The maximum absolute atomic E-state index is 11.4. The standard InChI is InChI=1S/C13H14O5/c14-12(15)13(7-16-8-13)9-2-3-10-11(6-9)18-5-1-4-17-10/h2-3,6H,1,4-5,7-8H2,(H,14,15). The summed E-state index contributed by atoms with van der Waals surface area (Å²) < 4.78 is 16.2. The summed E-state index contributed by atoms with van der Waals surface area (Å²) in [5.74, 6) is 0.442. The third kappa shape index (κ3) is 1.62. The molecule has 5 nitrogen and oxygen atoms in total. The van der Waals surface area contributed by atoms with Crippen LogP contribution in [0.3, 0.4) is 0 Å². The van der Waals surface area contributed by atoms with Crippen LogP contribution in [0.25, 0.3) is 0 Å². The lowest BCUT2D eigenvalue weighted by Gasteiger charge is -2.37. The van der Waals surface area contributed by atoms with Crippen molar-refractivity contribution in [3.05, 3.63) is 23.8 Å². The van der Waals surface area contributed by atoms with Gasteiger partial charge in [-0.25, -0.2) is 0 Å². The Morgan fingerprint density at radius 3 is 2.50 bits per heavy atom. The van der Waals surface area contributed by atoms with E-state index in [1.807, 2.05) is 0 Å². The predicted octanol–water partition coefficient (Wildman–Crippen LogP) is 1.20. The van der Waals surface area contributed by atoms with Gasteiger partial charge in [-0.05, 0) is 17.7 Å². The van der Waals surface area contributed by atoms with Gasteiger partial charge in [0.2, 0.25) is 0 Å². The van der Waals surface area contributed by atoms with Crippen LogP contribution in [0.15, 0.2) is 18.2 Å². The average Bonchev–Trinajstić information content (AvgIpc) is 2.51. The maximum atomic E-state index is 11.4. The first-order valence-corrected chi connectivity index (χ1v) is 5.94. The molecule has 1 N–H and O–H groups in total. The number of rotatable bonds is 2. The summed E-state index contributed by atoms with van der Waals surface area (Å²) in [4.78, 5) is 11.4. The summed E-state index contributed by atoms with van der Waals surface area (Å²) in [6.45, 7) is 1.64. The lowest BCUT2D eigenvalue weighted by molar-refractivity contribution is -0.163. The van der Waals surface area contributed by atoms with Gasteiger partial charge in [-0.1, -0.05) is 6.07 Å². The van der Waals surface area contributed by atoms with E-state index in [1.165, 1.54) is 0 Å². The second-order valence-electron chi connectivity index (χ2n) is 4.59. The lowest BCUT2D eigenvalue weighted by atomic mass is 9.78. The van der Waals surface area contributed by atoms with Gasteiger partial charge in [0.05, 0.1) is 26.4 Å². The molecule has 0 unspecified atom stereocenters. The summed E-state index contributed by atoms with van der Waals surface area (Å²) >= 11 is 0. The molecule has 2 aliphatic rings. The SMILES string of the molecule is O=C(O)C1(c2ccc3c(c2)OCCCO3)COC1. The number of benzene rings is 1. The molecule has 1 aromatic rings. The zero-order valence-corrected chi connectivity index (χ0v) is 9.85. The zero-order chi connectivity index (χ0) is 12.6. The number of fused-ring (bicyclic) bond motifs is 1. The molecule has 0 radical (unpaired) electrons. The van der Waals surface area contributed by atoms with E-state index in [1.54, 1.807) is 18.2 Å². The Morgan fingerprint density at radius 2 is 1.89 bits per heavy atom. The van der Waals surface area contributed by atoms with Crippen molar-refractivity contribution in [1.29, 1.82) is 0 Å². The number of carbonyl (C=O) groups is 1. The summed E-state index contributed by atoms with van der Waals surface area (Å²) in [6, 6.07) is 5.32. The number of ether oxygens (including phenoxy) is 3. The Kier molecular flexibility index (Phi) is 2.63. The molecule has 1 aromatic carbocycles. The zero-order valence-electron chi connectivity index (χ0n) is 9.85. The average molecular weight is 250 g/mol. The number of hydrogen-bond acceptors (Lipinski definition) is 4. The molecule has 0 atom stereocenters. The molecule has 2 aliphatic heterocycles. The highest BCUT2D eigenvalue weighted by Gasteiger charge is 2.48. The molecule has 18 heavy (non-hydrogen) atoms. The Hall–Kier alpha value is -1.75. The normalized spacial score (nSPS) is 20.7. The first kappa shape index (κ1) is 11.3. The Bertz CT molecular complexity index is 478. The van der Waals surface area contributed by atoms with Crippen LogP contribution >= 0.6 is 0 Å². The van der Waals surface area contributed by atoms with Gasteiger partial charge in [-0.2, -0.15) is 0 Å². The molecule has 2 heterocycles. The molecule has 5 heteroatoms. The third-order valence-corrected chi connectivity index (χ3v) is 3.41. The number of carboxylic acids is 1. The van der Waals surface area contributed by atoms with E-state index in [9.17, 15) is 9.90 Å². The van der Waals surface area contributed by atoms with Crippen LogP contribution in [0.5, 0.6) is 11.5 Å². The van der Waals surface area contributed by atoms with E-state index in [4.69, 9.17) is 14.2 Å². The van der Waals surface area contributed by atoms with E-state index in [2.05, 4.69) is 0 Å². The largest absolute Gasteiger partial charge is 0.490 e. The van der Waals surface area contributed by atoms with Crippen LogP contribution in [0, 0.1) is 0 Å². The van der Waals surface area contributed by atoms with E-state index in [-0.39, 0.29) is 13.2 Å². The minimum atomic E-state index is -0.926. The first-order chi connectivity index (χ1) is 8.72. The van der Waals surface area contributed by atoms with Crippen LogP contribution in [0.1, 0.15) is 12.0 Å². The van der Waals surface area contributed by atoms with Crippen LogP contribution in [-0.4, -0.2) is 37.5 Å². The van der Waals surface area contributed by atoms with Crippen molar-refractivity contribution < 1.29 is 24.1 Å². The van der Waals surface area contributed by atoms with Crippen molar-refractivity contribution in [3.8, 4) is 11.5 Å². The molecule has 3 rings (SSSR count). The first-order valence-electron chi connectivity index (χ1n) is 5.94. The van der Waals surface area contributed by atoms with Crippen LogP contribution in [0.2, 0.25) is 0 Å². The summed E-state index contributed by atoms with van der Waals surface area (Å²) in [7, 11) is 0. The number of aliphatic carboxylic acids is 1. The van der Waals surface area contributed by atoms with Crippen molar-refractivity contribution >= 4 is 5.97 Å². The van der Waals surface area contributed by atoms with Gasteiger partial charge < -0.3 is 19.3 Å². The van der Waals surface area contributed by atoms with Crippen LogP contribution in [0.4, 0.5) is 0 Å². The van der Waals surface area contributed by atoms with Crippen molar-refractivity contribution in [3.63, 3.8) is 0 Å². The third-order valence-electron chi connectivity index (χ3n) is 3.41. The molecule has 1 fully saturated rings. The van der Waals surface area contributed by atoms with Gasteiger partial charge >= 0.3 is 5.97 Å². The molecular weight excluding hydrogens is 236 g/mol. The second kappa shape index (κ2) is 4.17. The van der Waals surface area contributed by atoms with Gasteiger partial charge in [0.1, 0.15) is 5.41 Å². The summed E-state index contributed by atoms with van der Waals surface area (Å²) in [6.07, 6.45) is 0.831. The van der Waals surface area contributed by atoms with Crippen molar-refractivity contribution in [2.75, 3.05) is 26.4 Å². The molecule has 1 saturated heterocycles. The van der Waals surface area contributed by atoms with Crippen molar-refractivity contribution in [2.24, 2.45) is 0 Å². The molecule has 0 saturated carbocycles. The molecule has 0 spiro atoms. The topological polar surface area (TPSA) is 65.0 Å². The summed E-state index contributed by atoms with van der Waals surface area (Å²) in [5, 5.41) is 9.34. The fourth-order valence-corrected chi connectivity index (χ4v) is 2.18. The van der Waals surface area contributed by atoms with E-state index in [0.717, 1.165) is 6.42 Å². The molecule has 0 aromatic heterocycles. The van der Waals surface area contributed by atoms with Crippen molar-refractivity contribution in [2.45, 2.75) is 11.8 Å². The molecule has 0 aliphatic carbocycles. The maximum Gasteiger partial charge on any atom is 0.318 e. The monoisotopic (exact) mass is 250 g/mol. The van der Waals surface area contributed by atoms with E-state index >= 15 is 0 Å².